The van der Waals surface area contributed by atoms with E-state index in [9.17, 15) is 5.11 Å². The van der Waals surface area contributed by atoms with E-state index < -0.39 is 0 Å². The van der Waals surface area contributed by atoms with Gasteiger partial charge in [-0.05, 0) is 17.7 Å². The van der Waals surface area contributed by atoms with Gasteiger partial charge in [0.2, 0.25) is 0 Å². The maximum absolute atomic E-state index is 9.50. The first-order valence-corrected chi connectivity index (χ1v) is 6.58. The number of phenols is 1. The quantitative estimate of drug-likeness (QED) is 0.773. The average molecular weight is 284 g/mol. The number of fused-ring (bicyclic) bond motifs is 1. The van der Waals surface area contributed by atoms with Gasteiger partial charge in [-0.3, -0.25) is 0 Å². The molecule has 0 saturated heterocycles. The SMILES string of the molecule is COc1cc2nc(Cc3cccc(O)c3)[nH]c2cc1OC. The number of nitrogens with zero attached hydrogens (tertiary/aromatic N) is 1. The third-order valence-electron chi connectivity index (χ3n) is 3.32. The van der Waals surface area contributed by atoms with Gasteiger partial charge in [0.1, 0.15) is 11.6 Å². The molecule has 1 heterocycles. The van der Waals surface area contributed by atoms with Crippen molar-refractivity contribution in [1.82, 2.24) is 9.97 Å². The van der Waals surface area contributed by atoms with E-state index in [2.05, 4.69) is 9.97 Å². The minimum Gasteiger partial charge on any atom is -0.508 e. The highest BCUT2D eigenvalue weighted by Crippen LogP contribution is 2.31. The smallest absolute Gasteiger partial charge is 0.163 e. The molecule has 1 aromatic heterocycles. The number of methoxy groups -OCH3 is 2. The predicted octanol–water partition coefficient (Wildman–Crippen LogP) is 2.88. The number of benzene rings is 2. The number of hydrogen-bond donors (Lipinski definition) is 2. The van der Waals surface area contributed by atoms with Crippen LogP contribution in [0.1, 0.15) is 11.4 Å². The lowest BCUT2D eigenvalue weighted by Gasteiger charge is -2.06. The second-order valence-electron chi connectivity index (χ2n) is 4.75. The van der Waals surface area contributed by atoms with Crippen molar-refractivity contribution in [2.75, 3.05) is 14.2 Å². The number of hydrogen-bond acceptors (Lipinski definition) is 4. The molecule has 2 aromatic carbocycles. The fourth-order valence-electron chi connectivity index (χ4n) is 2.33. The highest BCUT2D eigenvalue weighted by Gasteiger charge is 2.10. The van der Waals surface area contributed by atoms with Crippen LogP contribution in [-0.2, 0) is 6.42 Å². The molecule has 108 valence electrons. The molecule has 0 fully saturated rings. The Labute approximate surface area is 122 Å². The van der Waals surface area contributed by atoms with Gasteiger partial charge in [-0.1, -0.05) is 12.1 Å². The number of phenolic OH excluding ortho intramolecular Hbond substituents is 1. The second-order valence-corrected chi connectivity index (χ2v) is 4.75. The summed E-state index contributed by atoms with van der Waals surface area (Å²) in [5, 5.41) is 9.50. The van der Waals surface area contributed by atoms with Crippen LogP contribution >= 0.6 is 0 Å². The minimum absolute atomic E-state index is 0.256. The molecule has 5 heteroatoms. The number of aromatic amines is 1. The molecular formula is C16H16N2O3. The zero-order chi connectivity index (χ0) is 14.8. The van der Waals surface area contributed by atoms with Gasteiger partial charge in [-0.25, -0.2) is 4.98 Å². The Morgan fingerprint density at radius 1 is 1.10 bits per heavy atom. The summed E-state index contributed by atoms with van der Waals surface area (Å²) in [6.07, 6.45) is 0.619. The van der Waals surface area contributed by atoms with Crippen LogP contribution in [0.25, 0.3) is 11.0 Å². The van der Waals surface area contributed by atoms with Crippen LogP contribution in [0.2, 0.25) is 0 Å². The molecule has 0 amide bonds. The van der Waals surface area contributed by atoms with E-state index in [1.54, 1.807) is 26.4 Å². The summed E-state index contributed by atoms with van der Waals surface area (Å²) < 4.78 is 10.6. The van der Waals surface area contributed by atoms with Gasteiger partial charge < -0.3 is 19.6 Å². The number of aromatic hydroxyl groups is 1. The summed E-state index contributed by atoms with van der Waals surface area (Å²) in [6, 6.07) is 10.9. The molecule has 0 aliphatic rings. The highest BCUT2D eigenvalue weighted by atomic mass is 16.5. The van der Waals surface area contributed by atoms with Gasteiger partial charge in [-0.15, -0.1) is 0 Å². The fraction of sp³-hybridized carbons (Fsp3) is 0.188. The van der Waals surface area contributed by atoms with Gasteiger partial charge in [-0.2, -0.15) is 0 Å². The molecule has 0 unspecified atom stereocenters. The first-order valence-electron chi connectivity index (χ1n) is 6.58. The monoisotopic (exact) mass is 284 g/mol. The zero-order valence-corrected chi connectivity index (χ0v) is 11.9. The van der Waals surface area contributed by atoms with Gasteiger partial charge in [0.25, 0.3) is 0 Å². The van der Waals surface area contributed by atoms with Crippen LogP contribution in [0, 0.1) is 0 Å². The third kappa shape index (κ3) is 2.63. The number of imidazole rings is 1. The Morgan fingerprint density at radius 2 is 1.86 bits per heavy atom. The lowest BCUT2D eigenvalue weighted by Crippen LogP contribution is -1.89. The normalized spacial score (nSPS) is 10.8. The van der Waals surface area contributed by atoms with Crippen molar-refractivity contribution in [3.8, 4) is 17.2 Å². The maximum Gasteiger partial charge on any atom is 0.163 e. The van der Waals surface area contributed by atoms with Crippen molar-refractivity contribution >= 4 is 11.0 Å². The lowest BCUT2D eigenvalue weighted by atomic mass is 10.1. The first-order chi connectivity index (χ1) is 10.2. The summed E-state index contributed by atoms with van der Waals surface area (Å²) in [5.41, 5.74) is 2.71. The van der Waals surface area contributed by atoms with Crippen LogP contribution in [0.5, 0.6) is 17.2 Å². The highest BCUT2D eigenvalue weighted by molar-refractivity contribution is 5.79. The maximum atomic E-state index is 9.50. The van der Waals surface area contributed by atoms with Crippen molar-refractivity contribution in [2.24, 2.45) is 0 Å². The van der Waals surface area contributed by atoms with Crippen molar-refractivity contribution in [1.29, 1.82) is 0 Å². The largest absolute Gasteiger partial charge is 0.508 e. The van der Waals surface area contributed by atoms with E-state index in [1.807, 2.05) is 24.3 Å². The molecule has 0 aliphatic carbocycles. The van der Waals surface area contributed by atoms with E-state index in [4.69, 9.17) is 9.47 Å². The molecule has 0 saturated carbocycles. The summed E-state index contributed by atoms with van der Waals surface area (Å²) in [4.78, 5) is 7.81. The van der Waals surface area contributed by atoms with Gasteiger partial charge in [0.15, 0.2) is 11.5 Å². The standard InChI is InChI=1S/C16H16N2O3/c1-20-14-8-12-13(9-15(14)21-2)18-16(17-12)7-10-4-3-5-11(19)6-10/h3-6,8-9,19H,7H2,1-2H3,(H,17,18). The summed E-state index contributed by atoms with van der Waals surface area (Å²) in [5.74, 6) is 2.40. The Morgan fingerprint density at radius 3 is 2.57 bits per heavy atom. The Kier molecular flexibility index (Phi) is 3.39. The molecule has 3 rings (SSSR count). The molecule has 0 spiro atoms. The molecule has 0 atom stereocenters. The zero-order valence-electron chi connectivity index (χ0n) is 11.9. The molecule has 21 heavy (non-hydrogen) atoms. The number of aromatic nitrogens is 2. The number of H-pyrrole nitrogens is 1. The third-order valence-corrected chi connectivity index (χ3v) is 3.32. The molecule has 0 radical (unpaired) electrons. The van der Waals surface area contributed by atoms with Crippen LogP contribution in [0.15, 0.2) is 36.4 Å². The average Bonchev–Trinajstić information content (AvgIpc) is 2.86. The Hall–Kier alpha value is -2.69. The number of ether oxygens (including phenoxy) is 2. The van der Waals surface area contributed by atoms with E-state index in [-0.39, 0.29) is 5.75 Å². The summed E-state index contributed by atoms with van der Waals surface area (Å²) in [7, 11) is 3.21. The summed E-state index contributed by atoms with van der Waals surface area (Å²) >= 11 is 0. The topological polar surface area (TPSA) is 67.4 Å². The number of rotatable bonds is 4. The van der Waals surface area contributed by atoms with E-state index in [0.29, 0.717) is 17.9 Å². The summed E-state index contributed by atoms with van der Waals surface area (Å²) in [6.45, 7) is 0. The van der Waals surface area contributed by atoms with Gasteiger partial charge >= 0.3 is 0 Å². The molecule has 0 aliphatic heterocycles. The molecule has 2 N–H and O–H groups in total. The van der Waals surface area contributed by atoms with Gasteiger partial charge in [0, 0.05) is 18.6 Å². The van der Waals surface area contributed by atoms with Crippen LogP contribution in [0.3, 0.4) is 0 Å². The van der Waals surface area contributed by atoms with Crippen molar-refractivity contribution in [3.05, 3.63) is 47.8 Å². The second kappa shape index (κ2) is 5.36. The van der Waals surface area contributed by atoms with Crippen LogP contribution < -0.4 is 9.47 Å². The lowest BCUT2D eigenvalue weighted by molar-refractivity contribution is 0.356. The predicted molar refractivity (Wildman–Crippen MR) is 80.1 cm³/mol. The first kappa shape index (κ1) is 13.3. The molecular weight excluding hydrogens is 268 g/mol. The molecule has 0 bridgehead atoms. The van der Waals surface area contributed by atoms with E-state index >= 15 is 0 Å². The fourth-order valence-corrected chi connectivity index (χ4v) is 2.33. The molecule has 5 nitrogen and oxygen atoms in total. The van der Waals surface area contributed by atoms with Gasteiger partial charge in [0.05, 0.1) is 25.3 Å². The van der Waals surface area contributed by atoms with Crippen molar-refractivity contribution < 1.29 is 14.6 Å². The van der Waals surface area contributed by atoms with Crippen LogP contribution in [-0.4, -0.2) is 29.3 Å². The number of nitrogens with one attached hydrogen (secondary N) is 1. The van der Waals surface area contributed by atoms with Crippen molar-refractivity contribution in [2.45, 2.75) is 6.42 Å². The Bertz CT molecular complexity index is 739. The minimum atomic E-state index is 0.256. The van der Waals surface area contributed by atoms with E-state index in [0.717, 1.165) is 22.4 Å². The van der Waals surface area contributed by atoms with Crippen LogP contribution in [0.4, 0.5) is 0 Å². The molecule has 3 aromatic rings. The van der Waals surface area contributed by atoms with Crippen molar-refractivity contribution in [3.63, 3.8) is 0 Å². The Balaban J connectivity index is 1.97. The van der Waals surface area contributed by atoms with E-state index in [1.165, 1.54) is 0 Å².